The fourth-order valence-electron chi connectivity index (χ4n) is 2.16. The lowest BCUT2D eigenvalue weighted by atomic mass is 10.1. The first-order valence-electron chi connectivity index (χ1n) is 7.50. The van der Waals surface area contributed by atoms with Crippen molar-refractivity contribution in [2.45, 2.75) is 39.9 Å². The summed E-state index contributed by atoms with van der Waals surface area (Å²) in [5, 5.41) is 0.908. The second kappa shape index (κ2) is 7.59. The Hall–Kier alpha value is -1.19. The van der Waals surface area contributed by atoms with E-state index in [0.29, 0.717) is 21.6 Å². The zero-order valence-corrected chi connectivity index (χ0v) is 15.3. The second-order valence-electron chi connectivity index (χ2n) is 5.68. The van der Waals surface area contributed by atoms with Crippen molar-refractivity contribution in [1.29, 1.82) is 0 Å². The number of hydrogen-bond donors (Lipinski definition) is 0. The highest BCUT2D eigenvalue weighted by Crippen LogP contribution is 2.51. The molecule has 0 bridgehead atoms. The lowest BCUT2D eigenvalue weighted by Gasteiger charge is -2.25. The number of halogens is 1. The van der Waals surface area contributed by atoms with Gasteiger partial charge < -0.3 is 9.05 Å². The summed E-state index contributed by atoms with van der Waals surface area (Å²) in [6, 6.07) is 10.7. The van der Waals surface area contributed by atoms with Gasteiger partial charge in [0.1, 0.15) is 0 Å². The molecule has 2 aromatic rings. The highest BCUT2D eigenvalue weighted by molar-refractivity contribution is 7.62. The third kappa shape index (κ3) is 4.65. The van der Waals surface area contributed by atoms with Gasteiger partial charge in [-0.1, -0.05) is 23.7 Å². The van der Waals surface area contributed by atoms with E-state index in [1.807, 2.05) is 45.9 Å². The molecular weight excluding hydrogens is 333 g/mol. The van der Waals surface area contributed by atoms with Crippen molar-refractivity contribution in [2.75, 3.05) is 0 Å². The average Bonchev–Trinajstić information content (AvgIpc) is 2.46. The molecule has 1 aromatic carbocycles. The summed E-state index contributed by atoms with van der Waals surface area (Å²) in [5.74, 6) is 0. The van der Waals surface area contributed by atoms with Crippen LogP contribution >= 0.6 is 19.2 Å². The average molecular weight is 354 g/mol. The van der Waals surface area contributed by atoms with Crippen LogP contribution in [-0.2, 0) is 13.6 Å². The quantitative estimate of drug-likeness (QED) is 0.680. The standard InChI is InChI=1S/C17H21ClNO3P/c1-12(2)21-23(20,22-13(3)4)17-11-14(18)8-9-15(17)16-7-5-6-10-19-16/h5-13H,1-4H3. The minimum absolute atomic E-state index is 0.254. The normalized spacial score (nSPS) is 12.1. The molecule has 0 radical (unpaired) electrons. The minimum Gasteiger partial charge on any atom is -0.302 e. The van der Waals surface area contributed by atoms with Gasteiger partial charge in [-0.05, 0) is 52.0 Å². The van der Waals surface area contributed by atoms with Crippen molar-refractivity contribution in [1.82, 2.24) is 4.98 Å². The van der Waals surface area contributed by atoms with Crippen molar-refractivity contribution in [3.05, 3.63) is 47.6 Å². The number of aromatic nitrogens is 1. The topological polar surface area (TPSA) is 48.4 Å². The highest BCUT2D eigenvalue weighted by atomic mass is 35.5. The number of rotatable bonds is 6. The van der Waals surface area contributed by atoms with Crippen LogP contribution in [0.1, 0.15) is 27.7 Å². The van der Waals surface area contributed by atoms with Crippen LogP contribution in [0.2, 0.25) is 5.02 Å². The minimum atomic E-state index is -3.54. The first-order chi connectivity index (χ1) is 10.8. The summed E-state index contributed by atoms with van der Waals surface area (Å²) in [5.41, 5.74) is 1.39. The molecule has 1 heterocycles. The molecule has 0 aliphatic rings. The van der Waals surface area contributed by atoms with E-state index < -0.39 is 7.60 Å². The summed E-state index contributed by atoms with van der Waals surface area (Å²) in [7, 11) is -3.54. The van der Waals surface area contributed by atoms with E-state index in [1.165, 1.54) is 0 Å². The van der Waals surface area contributed by atoms with Gasteiger partial charge in [0.15, 0.2) is 0 Å². The molecule has 0 aliphatic carbocycles. The molecule has 0 saturated carbocycles. The molecule has 0 atom stereocenters. The summed E-state index contributed by atoms with van der Waals surface area (Å²) < 4.78 is 24.8. The fraction of sp³-hybridized carbons (Fsp3) is 0.353. The van der Waals surface area contributed by atoms with Crippen LogP contribution in [0.25, 0.3) is 11.3 Å². The lowest BCUT2D eigenvalue weighted by Crippen LogP contribution is -2.19. The first kappa shape index (κ1) is 18.2. The van der Waals surface area contributed by atoms with Gasteiger partial charge >= 0.3 is 7.60 Å². The van der Waals surface area contributed by atoms with E-state index in [2.05, 4.69) is 4.98 Å². The van der Waals surface area contributed by atoms with Crippen molar-refractivity contribution >= 4 is 24.5 Å². The fourth-order valence-corrected chi connectivity index (χ4v) is 4.58. The Labute approximate surface area is 142 Å². The van der Waals surface area contributed by atoms with Crippen molar-refractivity contribution in [2.24, 2.45) is 0 Å². The van der Waals surface area contributed by atoms with Crippen molar-refractivity contribution < 1.29 is 13.6 Å². The van der Waals surface area contributed by atoms with E-state index in [4.69, 9.17) is 20.6 Å². The van der Waals surface area contributed by atoms with E-state index in [-0.39, 0.29) is 12.2 Å². The summed E-state index contributed by atoms with van der Waals surface area (Å²) in [6.07, 6.45) is 1.18. The Balaban J connectivity index is 2.62. The van der Waals surface area contributed by atoms with Crippen LogP contribution in [0.15, 0.2) is 42.6 Å². The molecule has 1 aromatic heterocycles. The third-order valence-electron chi connectivity index (χ3n) is 2.89. The zero-order valence-electron chi connectivity index (χ0n) is 13.7. The molecule has 0 amide bonds. The smallest absolute Gasteiger partial charge is 0.302 e. The Morgan fingerprint density at radius 2 is 1.70 bits per heavy atom. The number of hydrogen-bond acceptors (Lipinski definition) is 4. The van der Waals surface area contributed by atoms with Gasteiger partial charge in [0, 0.05) is 16.8 Å². The van der Waals surface area contributed by atoms with E-state index >= 15 is 0 Å². The monoisotopic (exact) mass is 353 g/mol. The van der Waals surface area contributed by atoms with Gasteiger partial charge in [0.05, 0.1) is 23.2 Å². The predicted molar refractivity (Wildman–Crippen MR) is 94.4 cm³/mol. The maximum absolute atomic E-state index is 13.5. The molecule has 0 saturated heterocycles. The first-order valence-corrected chi connectivity index (χ1v) is 9.42. The maximum atomic E-state index is 13.5. The van der Waals surface area contributed by atoms with Gasteiger partial charge in [-0.15, -0.1) is 0 Å². The summed E-state index contributed by atoms with van der Waals surface area (Å²) in [6.45, 7) is 7.28. The molecule has 0 aliphatic heterocycles. The Kier molecular flexibility index (Phi) is 5.99. The van der Waals surface area contributed by atoms with Gasteiger partial charge in [0.2, 0.25) is 0 Å². The largest absolute Gasteiger partial charge is 0.362 e. The van der Waals surface area contributed by atoms with Crippen LogP contribution in [0.4, 0.5) is 0 Å². The van der Waals surface area contributed by atoms with Gasteiger partial charge in [-0.25, -0.2) is 0 Å². The Morgan fingerprint density at radius 3 is 2.22 bits per heavy atom. The third-order valence-corrected chi connectivity index (χ3v) is 5.49. The van der Waals surface area contributed by atoms with Crippen LogP contribution in [0.5, 0.6) is 0 Å². The molecular formula is C17H21ClNO3P. The molecule has 124 valence electrons. The van der Waals surface area contributed by atoms with Crippen LogP contribution in [0.3, 0.4) is 0 Å². The van der Waals surface area contributed by atoms with Crippen molar-refractivity contribution in [3.63, 3.8) is 0 Å². The second-order valence-corrected chi connectivity index (χ2v) is 8.02. The zero-order chi connectivity index (χ0) is 17.0. The molecule has 6 heteroatoms. The highest BCUT2D eigenvalue weighted by Gasteiger charge is 2.33. The van der Waals surface area contributed by atoms with E-state index in [1.54, 1.807) is 24.4 Å². The van der Waals surface area contributed by atoms with Gasteiger partial charge in [0.25, 0.3) is 0 Å². The van der Waals surface area contributed by atoms with E-state index in [9.17, 15) is 4.57 Å². The predicted octanol–water partition coefficient (Wildman–Crippen LogP) is 5.07. The molecule has 0 fully saturated rings. The lowest BCUT2D eigenvalue weighted by molar-refractivity contribution is 0.150. The van der Waals surface area contributed by atoms with Crippen LogP contribution in [-0.4, -0.2) is 17.2 Å². The summed E-state index contributed by atoms with van der Waals surface area (Å²) in [4.78, 5) is 4.34. The molecule has 0 unspecified atom stereocenters. The maximum Gasteiger partial charge on any atom is 0.362 e. The number of pyridine rings is 1. The van der Waals surface area contributed by atoms with Crippen LogP contribution < -0.4 is 5.30 Å². The van der Waals surface area contributed by atoms with Crippen molar-refractivity contribution in [3.8, 4) is 11.3 Å². The molecule has 4 nitrogen and oxygen atoms in total. The molecule has 0 spiro atoms. The number of nitrogens with zero attached hydrogens (tertiary/aromatic N) is 1. The SMILES string of the molecule is CC(C)OP(=O)(OC(C)C)c1cc(Cl)ccc1-c1ccccn1. The van der Waals surface area contributed by atoms with Gasteiger partial charge in [-0.3, -0.25) is 9.55 Å². The van der Waals surface area contributed by atoms with Crippen LogP contribution in [0, 0.1) is 0 Å². The van der Waals surface area contributed by atoms with E-state index in [0.717, 1.165) is 0 Å². The summed E-state index contributed by atoms with van der Waals surface area (Å²) >= 11 is 6.13. The Bertz CT molecular complexity index is 690. The molecule has 0 N–H and O–H groups in total. The van der Waals surface area contributed by atoms with Gasteiger partial charge in [-0.2, -0.15) is 0 Å². The molecule has 23 heavy (non-hydrogen) atoms. The molecule has 2 rings (SSSR count). The Morgan fingerprint density at radius 1 is 1.04 bits per heavy atom. The number of benzene rings is 1.